The van der Waals surface area contributed by atoms with Crippen molar-refractivity contribution in [1.82, 2.24) is 15.2 Å². The van der Waals surface area contributed by atoms with Gasteiger partial charge in [-0.1, -0.05) is 199 Å². The van der Waals surface area contributed by atoms with Crippen molar-refractivity contribution >= 4 is 80.3 Å². The van der Waals surface area contributed by atoms with Gasteiger partial charge in [-0.2, -0.15) is 0 Å². The standard InChI is InChI=1S/C59H50N5O6PS2/c1-68-46-35-33-41(34-36-46)37-70-57(67)53-42(38-71(47-27-15-6-16-28-47,48-29-17-7-18-30-48)49-31-19-8-20-32-49)39-72-56-52(55(66)64(53)56)61-54(65)51(63-69-2)50-40-73-58(60-50)62-59(43-21-9-3-10-22-43,44-23-11-4-12-24-44)45-25-13-5-14-26-45/h3-36,38,40,52,56H,37,39H2,1-2H3,(H,60,62)(H,61,65)/b63-51-/t52-,56+/m1/s1. The first-order valence-corrected chi connectivity index (χ1v) is 27.3. The van der Waals surface area contributed by atoms with Crippen molar-refractivity contribution < 1.29 is 28.7 Å². The Morgan fingerprint density at radius 1 is 0.712 bits per heavy atom. The van der Waals surface area contributed by atoms with Crippen LogP contribution in [0.4, 0.5) is 5.13 Å². The van der Waals surface area contributed by atoms with E-state index in [1.54, 1.807) is 24.6 Å². The van der Waals surface area contributed by atoms with Crippen LogP contribution in [-0.4, -0.2) is 70.6 Å². The molecular weight excluding hydrogens is 970 g/mol. The molecule has 1 aromatic heterocycles. The Hall–Kier alpha value is -7.96. The summed E-state index contributed by atoms with van der Waals surface area (Å²) in [5, 5.41) is 15.7. The van der Waals surface area contributed by atoms with Crippen molar-refractivity contribution in [3.63, 3.8) is 0 Å². The number of β-lactam (4-membered cyclic amide) rings is 1. The Balaban J connectivity index is 0.992. The highest BCUT2D eigenvalue weighted by molar-refractivity contribution is 8.00. The summed E-state index contributed by atoms with van der Waals surface area (Å²) in [6.07, 6.45) is 0. The Kier molecular flexibility index (Phi) is 14.5. The first-order valence-electron chi connectivity index (χ1n) is 23.6. The highest BCUT2D eigenvalue weighted by atomic mass is 32.2. The zero-order valence-electron chi connectivity index (χ0n) is 39.9. The molecule has 8 aromatic rings. The van der Waals surface area contributed by atoms with Crippen molar-refractivity contribution in [2.75, 3.05) is 25.3 Å². The number of amides is 2. The van der Waals surface area contributed by atoms with E-state index in [4.69, 9.17) is 19.3 Å². The molecule has 0 saturated carbocycles. The van der Waals surface area contributed by atoms with Crippen molar-refractivity contribution in [3.8, 4) is 5.75 Å². The second-order valence-corrected chi connectivity index (χ2v) is 22.4. The van der Waals surface area contributed by atoms with Gasteiger partial charge in [0, 0.05) is 11.1 Å². The summed E-state index contributed by atoms with van der Waals surface area (Å²) in [5.74, 6) is 1.44. The highest BCUT2D eigenvalue weighted by Crippen LogP contribution is 2.48. The van der Waals surface area contributed by atoms with Crippen LogP contribution in [0.3, 0.4) is 0 Å². The van der Waals surface area contributed by atoms with Crippen LogP contribution >= 0.6 is 30.0 Å². The number of carbonyl (C=O) groups excluding carboxylic acids is 3. The van der Waals surface area contributed by atoms with E-state index in [0.29, 0.717) is 22.2 Å². The lowest BCUT2D eigenvalue weighted by Gasteiger charge is -2.49. The Labute approximate surface area is 432 Å². The van der Waals surface area contributed by atoms with Gasteiger partial charge in [0.25, 0.3) is 11.8 Å². The van der Waals surface area contributed by atoms with E-state index in [9.17, 15) is 14.4 Å². The summed E-state index contributed by atoms with van der Waals surface area (Å²) in [5.41, 5.74) is 3.75. The van der Waals surface area contributed by atoms with Gasteiger partial charge in [0.1, 0.15) is 47.8 Å². The van der Waals surface area contributed by atoms with Crippen molar-refractivity contribution in [3.05, 3.63) is 251 Å². The van der Waals surface area contributed by atoms with Gasteiger partial charge >= 0.3 is 5.97 Å². The Bertz CT molecular complexity index is 3140. The fraction of sp³-hybridized carbons (Fsp3) is 0.119. The predicted molar refractivity (Wildman–Crippen MR) is 295 cm³/mol. The summed E-state index contributed by atoms with van der Waals surface area (Å²) >= 11 is 2.78. The number of nitrogens with one attached hydrogen (secondary N) is 2. The van der Waals surface area contributed by atoms with Crippen LogP contribution in [0.2, 0.25) is 0 Å². The van der Waals surface area contributed by atoms with Gasteiger partial charge < -0.3 is 24.9 Å². The number of hydrogen-bond acceptors (Lipinski definition) is 11. The van der Waals surface area contributed by atoms with Crippen molar-refractivity contribution in [2.45, 2.75) is 23.6 Å². The van der Waals surface area contributed by atoms with Crippen LogP contribution < -0.4 is 31.3 Å². The van der Waals surface area contributed by atoms with Crippen LogP contribution in [-0.2, 0) is 36.1 Å². The molecule has 2 aliphatic heterocycles. The van der Waals surface area contributed by atoms with E-state index in [1.165, 1.54) is 35.1 Å². The molecule has 11 nitrogen and oxygen atoms in total. The third-order valence-corrected chi connectivity index (χ3v) is 19.0. The lowest BCUT2D eigenvalue weighted by atomic mass is 9.77. The third kappa shape index (κ3) is 9.62. The molecule has 2 N–H and O–H groups in total. The minimum Gasteiger partial charge on any atom is -0.497 e. The Morgan fingerprint density at radius 2 is 1.21 bits per heavy atom. The minimum absolute atomic E-state index is 0.0412. The molecule has 0 aliphatic carbocycles. The van der Waals surface area contributed by atoms with Gasteiger partial charge in [0.05, 0.1) is 7.11 Å². The molecule has 0 unspecified atom stereocenters. The maximum Gasteiger partial charge on any atom is 0.355 e. The molecular formula is C59H50N5O6PS2. The zero-order valence-corrected chi connectivity index (χ0v) is 42.4. The van der Waals surface area contributed by atoms with Crippen LogP contribution in [0.1, 0.15) is 27.9 Å². The molecule has 14 heteroatoms. The Morgan fingerprint density at radius 3 is 1.68 bits per heavy atom. The number of hydrogen-bond donors (Lipinski definition) is 2. The number of methoxy groups -OCH3 is 1. The molecule has 73 heavy (non-hydrogen) atoms. The number of thioether (sulfide) groups is 1. The average Bonchev–Trinajstić information content (AvgIpc) is 3.93. The molecule has 0 bridgehead atoms. The number of anilines is 1. The minimum atomic E-state index is -2.65. The van der Waals surface area contributed by atoms with Gasteiger partial charge in [-0.3, -0.25) is 14.5 Å². The van der Waals surface area contributed by atoms with E-state index in [2.05, 4.69) is 94.4 Å². The van der Waals surface area contributed by atoms with Gasteiger partial charge in [0.15, 0.2) is 10.8 Å². The smallest absolute Gasteiger partial charge is 0.355 e. The van der Waals surface area contributed by atoms with Crippen LogP contribution in [0.5, 0.6) is 5.75 Å². The van der Waals surface area contributed by atoms with Crippen LogP contribution in [0.25, 0.3) is 0 Å². The van der Waals surface area contributed by atoms with Gasteiger partial charge in [0.2, 0.25) is 0 Å². The first kappa shape index (κ1) is 48.7. The summed E-state index contributed by atoms with van der Waals surface area (Å²) < 4.78 is 11.4. The summed E-state index contributed by atoms with van der Waals surface area (Å²) in [7, 11) is 2.94. The van der Waals surface area contributed by atoms with Crippen LogP contribution in [0, 0.1) is 0 Å². The number of aromatic nitrogens is 1. The summed E-state index contributed by atoms with van der Waals surface area (Å²) in [6.45, 7) is -2.69. The quantitative estimate of drug-likeness (QED) is 0.0229. The van der Waals surface area contributed by atoms with Gasteiger partial charge in [-0.05, 0) is 68.6 Å². The molecule has 1 saturated heterocycles. The molecule has 7 aromatic carbocycles. The van der Waals surface area contributed by atoms with E-state index in [0.717, 1.165) is 38.2 Å². The molecule has 1 fully saturated rings. The van der Waals surface area contributed by atoms with Gasteiger partial charge in [-0.25, -0.2) is 9.78 Å². The van der Waals surface area contributed by atoms with Crippen molar-refractivity contribution in [2.24, 2.45) is 5.16 Å². The summed E-state index contributed by atoms with van der Waals surface area (Å²) in [4.78, 5) is 55.6. The molecule has 2 aliphatic rings. The SMILES string of the molecule is CO/N=C(\C(=O)N[C@@H]1C(=O)N2C(C(=O)OCc3ccc(OC)cc3)=C(C=P(c3ccccc3)(c3ccccc3)c3ccccc3)CS[C@@H]12)c1csc(NC(c2ccccc2)(c2ccccc2)c2ccccc2)n1. The zero-order chi connectivity index (χ0) is 50.2. The summed E-state index contributed by atoms with van der Waals surface area (Å²) in [6, 6.07) is 67.5. The molecule has 364 valence electrons. The number of benzene rings is 7. The molecule has 2 amide bonds. The molecule has 0 spiro atoms. The number of thiazole rings is 1. The fourth-order valence-corrected chi connectivity index (χ4v) is 15.6. The number of oxime groups is 1. The van der Waals surface area contributed by atoms with Gasteiger partial charge in [-0.15, -0.1) is 23.1 Å². The normalized spacial score (nSPS) is 15.6. The number of nitrogens with zero attached hydrogens (tertiary/aromatic N) is 3. The number of ether oxygens (including phenoxy) is 2. The largest absolute Gasteiger partial charge is 0.497 e. The number of esters is 1. The maximum absolute atomic E-state index is 14.8. The molecule has 2 atom stereocenters. The van der Waals surface area contributed by atoms with Crippen molar-refractivity contribution in [1.29, 1.82) is 0 Å². The first-order chi connectivity index (χ1) is 35.8. The molecule has 0 radical (unpaired) electrons. The van der Waals surface area contributed by atoms with E-state index in [-0.39, 0.29) is 23.7 Å². The highest BCUT2D eigenvalue weighted by Gasteiger charge is 2.55. The van der Waals surface area contributed by atoms with E-state index < -0.39 is 41.6 Å². The average molecular weight is 1020 g/mol. The van der Waals surface area contributed by atoms with E-state index in [1.807, 2.05) is 121 Å². The van der Waals surface area contributed by atoms with Crippen LogP contribution in [0.15, 0.2) is 228 Å². The molecule has 3 heterocycles. The predicted octanol–water partition coefficient (Wildman–Crippen LogP) is 9.10. The topological polar surface area (TPSA) is 131 Å². The number of fused-ring (bicyclic) bond motifs is 1. The maximum atomic E-state index is 14.8. The lowest BCUT2D eigenvalue weighted by molar-refractivity contribution is -0.153. The second kappa shape index (κ2) is 21.8. The molecule has 10 rings (SSSR count). The fourth-order valence-electron chi connectivity index (χ4n) is 9.45. The number of rotatable bonds is 17. The monoisotopic (exact) mass is 1020 g/mol. The second-order valence-electron chi connectivity index (χ2n) is 17.2. The lowest BCUT2D eigenvalue weighted by Crippen LogP contribution is -2.71. The third-order valence-electron chi connectivity index (χ3n) is 12.9. The van der Waals surface area contributed by atoms with E-state index >= 15 is 0 Å². The number of carbonyl (C=O) groups is 3.